The molecule has 3 heteroatoms. The van der Waals surface area contributed by atoms with Gasteiger partial charge in [0, 0.05) is 22.7 Å². The molecule has 0 saturated carbocycles. The van der Waals surface area contributed by atoms with Crippen LogP contribution in [-0.4, -0.2) is 10.9 Å². The standard InChI is InChI=1S/C15H12N2O/c16-15(18)13-5-2-1-4-11(13)10-6-3-7-14-12(10)8-9-17-14/h1-9,17H,(H2,16,18). The summed E-state index contributed by atoms with van der Waals surface area (Å²) in [7, 11) is 0. The van der Waals surface area contributed by atoms with E-state index in [1.807, 2.05) is 48.7 Å². The SMILES string of the molecule is NC(=O)c1ccccc1-c1cccc2[nH]ccc12. The van der Waals surface area contributed by atoms with Crippen LogP contribution in [0.2, 0.25) is 0 Å². The molecule has 3 aromatic rings. The van der Waals surface area contributed by atoms with E-state index >= 15 is 0 Å². The number of rotatable bonds is 2. The summed E-state index contributed by atoms with van der Waals surface area (Å²) in [5, 5.41) is 1.09. The highest BCUT2D eigenvalue weighted by molar-refractivity contribution is 6.04. The zero-order valence-electron chi connectivity index (χ0n) is 9.68. The Kier molecular flexibility index (Phi) is 2.38. The van der Waals surface area contributed by atoms with Crippen molar-refractivity contribution < 1.29 is 4.79 Å². The molecule has 0 fully saturated rings. The molecule has 3 rings (SSSR count). The number of benzene rings is 2. The third-order valence-electron chi connectivity index (χ3n) is 3.08. The van der Waals surface area contributed by atoms with Gasteiger partial charge in [0.1, 0.15) is 0 Å². The van der Waals surface area contributed by atoms with Crippen LogP contribution >= 0.6 is 0 Å². The molecule has 0 saturated heterocycles. The number of nitrogens with one attached hydrogen (secondary N) is 1. The molecule has 3 N–H and O–H groups in total. The molecule has 88 valence electrons. The van der Waals surface area contributed by atoms with E-state index in [1.165, 1.54) is 0 Å². The van der Waals surface area contributed by atoms with Crippen LogP contribution < -0.4 is 5.73 Å². The third kappa shape index (κ3) is 1.57. The molecular formula is C15H12N2O. The maximum Gasteiger partial charge on any atom is 0.249 e. The van der Waals surface area contributed by atoms with E-state index in [4.69, 9.17) is 5.73 Å². The number of primary amides is 1. The van der Waals surface area contributed by atoms with Crippen molar-refractivity contribution in [3.05, 3.63) is 60.3 Å². The van der Waals surface area contributed by atoms with Crippen LogP contribution in [0, 0.1) is 0 Å². The number of aromatic amines is 1. The van der Waals surface area contributed by atoms with E-state index in [-0.39, 0.29) is 0 Å². The second-order valence-corrected chi connectivity index (χ2v) is 4.15. The first-order chi connectivity index (χ1) is 8.77. The summed E-state index contributed by atoms with van der Waals surface area (Å²) in [6.45, 7) is 0. The fraction of sp³-hybridized carbons (Fsp3) is 0. The minimum Gasteiger partial charge on any atom is -0.366 e. The molecule has 1 amide bonds. The smallest absolute Gasteiger partial charge is 0.249 e. The van der Waals surface area contributed by atoms with Gasteiger partial charge in [-0.3, -0.25) is 4.79 Å². The summed E-state index contributed by atoms with van der Waals surface area (Å²) in [5.41, 5.74) is 8.91. The van der Waals surface area contributed by atoms with Gasteiger partial charge in [0.15, 0.2) is 0 Å². The topological polar surface area (TPSA) is 58.9 Å². The van der Waals surface area contributed by atoms with Gasteiger partial charge in [-0.25, -0.2) is 0 Å². The average molecular weight is 236 g/mol. The number of H-pyrrole nitrogens is 1. The fourth-order valence-corrected chi connectivity index (χ4v) is 2.25. The highest BCUT2D eigenvalue weighted by Gasteiger charge is 2.11. The van der Waals surface area contributed by atoms with Crippen molar-refractivity contribution in [3.8, 4) is 11.1 Å². The molecule has 0 spiro atoms. The van der Waals surface area contributed by atoms with Crippen LogP contribution in [0.15, 0.2) is 54.7 Å². The van der Waals surface area contributed by atoms with E-state index < -0.39 is 5.91 Å². The van der Waals surface area contributed by atoms with Crippen LogP contribution in [0.3, 0.4) is 0 Å². The van der Waals surface area contributed by atoms with E-state index in [9.17, 15) is 4.79 Å². The van der Waals surface area contributed by atoms with Crippen molar-refractivity contribution in [1.82, 2.24) is 4.98 Å². The largest absolute Gasteiger partial charge is 0.366 e. The van der Waals surface area contributed by atoms with Crippen molar-refractivity contribution in [3.63, 3.8) is 0 Å². The van der Waals surface area contributed by atoms with Crippen molar-refractivity contribution in [1.29, 1.82) is 0 Å². The number of hydrogen-bond acceptors (Lipinski definition) is 1. The van der Waals surface area contributed by atoms with E-state index in [0.29, 0.717) is 5.56 Å². The first-order valence-corrected chi connectivity index (χ1v) is 5.72. The predicted octanol–water partition coefficient (Wildman–Crippen LogP) is 2.93. The Balaban J connectivity index is 2.33. The fourth-order valence-electron chi connectivity index (χ4n) is 2.25. The van der Waals surface area contributed by atoms with Gasteiger partial charge in [-0.05, 0) is 29.3 Å². The van der Waals surface area contributed by atoms with Crippen molar-refractivity contribution >= 4 is 16.8 Å². The molecule has 0 bridgehead atoms. The molecule has 0 unspecified atom stereocenters. The van der Waals surface area contributed by atoms with Crippen LogP contribution in [0.5, 0.6) is 0 Å². The summed E-state index contributed by atoms with van der Waals surface area (Å²) in [6, 6.07) is 15.4. The van der Waals surface area contributed by atoms with Crippen LogP contribution in [0.25, 0.3) is 22.0 Å². The van der Waals surface area contributed by atoms with Crippen LogP contribution in [0.1, 0.15) is 10.4 Å². The predicted molar refractivity (Wildman–Crippen MR) is 72.3 cm³/mol. The summed E-state index contributed by atoms with van der Waals surface area (Å²) in [6.07, 6.45) is 1.89. The van der Waals surface area contributed by atoms with Gasteiger partial charge in [-0.1, -0.05) is 30.3 Å². The number of hydrogen-bond donors (Lipinski definition) is 2. The first kappa shape index (κ1) is 10.6. The normalized spacial score (nSPS) is 10.7. The molecular weight excluding hydrogens is 224 g/mol. The minimum absolute atomic E-state index is 0.405. The van der Waals surface area contributed by atoms with Gasteiger partial charge in [0.2, 0.25) is 5.91 Å². The lowest BCUT2D eigenvalue weighted by atomic mass is 9.96. The molecule has 1 heterocycles. The van der Waals surface area contributed by atoms with Gasteiger partial charge in [0.05, 0.1) is 0 Å². The van der Waals surface area contributed by atoms with Gasteiger partial charge < -0.3 is 10.7 Å². The number of fused-ring (bicyclic) bond motifs is 1. The summed E-state index contributed by atoms with van der Waals surface area (Å²) >= 11 is 0. The van der Waals surface area contributed by atoms with Crippen molar-refractivity contribution in [2.45, 2.75) is 0 Å². The van der Waals surface area contributed by atoms with Gasteiger partial charge in [0.25, 0.3) is 0 Å². The highest BCUT2D eigenvalue weighted by Crippen LogP contribution is 2.30. The Morgan fingerprint density at radius 3 is 2.56 bits per heavy atom. The number of aromatic nitrogens is 1. The molecule has 2 aromatic carbocycles. The Hall–Kier alpha value is -2.55. The summed E-state index contributed by atoms with van der Waals surface area (Å²) in [4.78, 5) is 14.6. The summed E-state index contributed by atoms with van der Waals surface area (Å²) in [5.74, 6) is -0.405. The van der Waals surface area contributed by atoms with Crippen LogP contribution in [-0.2, 0) is 0 Å². The maximum absolute atomic E-state index is 11.5. The Morgan fingerprint density at radius 1 is 0.944 bits per heavy atom. The lowest BCUT2D eigenvalue weighted by Gasteiger charge is -2.08. The molecule has 1 aromatic heterocycles. The number of carbonyl (C=O) groups is 1. The molecule has 0 aliphatic rings. The zero-order valence-corrected chi connectivity index (χ0v) is 9.68. The van der Waals surface area contributed by atoms with E-state index in [2.05, 4.69) is 4.98 Å². The van der Waals surface area contributed by atoms with E-state index in [1.54, 1.807) is 6.07 Å². The summed E-state index contributed by atoms with van der Waals surface area (Å²) < 4.78 is 0. The molecule has 0 atom stereocenters. The quantitative estimate of drug-likeness (QED) is 0.706. The lowest BCUT2D eigenvalue weighted by Crippen LogP contribution is -2.12. The Morgan fingerprint density at radius 2 is 1.72 bits per heavy atom. The molecule has 3 nitrogen and oxygen atoms in total. The number of carbonyl (C=O) groups excluding carboxylic acids is 1. The molecule has 0 aliphatic heterocycles. The van der Waals surface area contributed by atoms with Crippen molar-refractivity contribution in [2.24, 2.45) is 5.73 Å². The van der Waals surface area contributed by atoms with Crippen LogP contribution in [0.4, 0.5) is 0 Å². The van der Waals surface area contributed by atoms with Crippen molar-refractivity contribution in [2.75, 3.05) is 0 Å². The van der Waals surface area contributed by atoms with Gasteiger partial charge >= 0.3 is 0 Å². The second-order valence-electron chi connectivity index (χ2n) is 4.15. The monoisotopic (exact) mass is 236 g/mol. The highest BCUT2D eigenvalue weighted by atomic mass is 16.1. The molecule has 18 heavy (non-hydrogen) atoms. The Labute approximate surface area is 104 Å². The number of amides is 1. The lowest BCUT2D eigenvalue weighted by molar-refractivity contribution is 0.100. The zero-order chi connectivity index (χ0) is 12.5. The van der Waals surface area contributed by atoms with E-state index in [0.717, 1.165) is 22.0 Å². The first-order valence-electron chi connectivity index (χ1n) is 5.72. The Bertz CT molecular complexity index is 728. The molecule has 0 aliphatic carbocycles. The van der Waals surface area contributed by atoms with Gasteiger partial charge in [-0.15, -0.1) is 0 Å². The molecule has 0 radical (unpaired) electrons. The second kappa shape index (κ2) is 4.04. The average Bonchev–Trinajstić information content (AvgIpc) is 2.86. The maximum atomic E-state index is 11.5. The number of nitrogens with two attached hydrogens (primary N) is 1. The minimum atomic E-state index is -0.405. The van der Waals surface area contributed by atoms with Gasteiger partial charge in [-0.2, -0.15) is 0 Å². The third-order valence-corrected chi connectivity index (χ3v) is 3.08.